The van der Waals surface area contributed by atoms with E-state index < -0.39 is 17.4 Å². The Morgan fingerprint density at radius 3 is 2.86 bits per heavy atom. The topological polar surface area (TPSA) is 113 Å². The molecule has 1 aliphatic heterocycles. The van der Waals surface area contributed by atoms with E-state index >= 15 is 0 Å². The third-order valence-electron chi connectivity index (χ3n) is 6.69. The van der Waals surface area contributed by atoms with E-state index in [0.29, 0.717) is 30.2 Å². The lowest BCUT2D eigenvalue weighted by molar-refractivity contribution is -0.142. The molecule has 1 saturated carbocycles. The molecule has 0 unspecified atom stereocenters. The van der Waals surface area contributed by atoms with Crippen molar-refractivity contribution in [3.63, 3.8) is 0 Å². The number of pyridine rings is 2. The number of nitrogens with zero attached hydrogens (tertiary/aromatic N) is 2. The second-order valence-electron chi connectivity index (χ2n) is 9.49. The molecule has 2 aromatic heterocycles. The van der Waals surface area contributed by atoms with Gasteiger partial charge in [-0.05, 0) is 75.1 Å². The zero-order chi connectivity index (χ0) is 24.8. The maximum Gasteiger partial charge on any atom is 0.326 e. The number of nitrogens with one attached hydrogen (secondary N) is 2. The molecule has 0 bridgehead atoms. The maximum absolute atomic E-state index is 13.0. The number of fused-ring (bicyclic) bond motifs is 1. The van der Waals surface area contributed by atoms with Crippen LogP contribution in [0.25, 0.3) is 0 Å². The van der Waals surface area contributed by atoms with Gasteiger partial charge in [0.25, 0.3) is 0 Å². The summed E-state index contributed by atoms with van der Waals surface area (Å²) in [5, 5.41) is 16.1. The molecule has 1 atom stereocenters. The van der Waals surface area contributed by atoms with Crippen LogP contribution in [0.5, 0.6) is 0 Å². The summed E-state index contributed by atoms with van der Waals surface area (Å²) in [5.74, 6) is -0.400. The van der Waals surface area contributed by atoms with E-state index in [-0.39, 0.29) is 18.9 Å². The number of hydrogen-bond donors (Lipinski definition) is 3. The van der Waals surface area contributed by atoms with E-state index in [2.05, 4.69) is 27.8 Å². The van der Waals surface area contributed by atoms with Gasteiger partial charge in [0, 0.05) is 38.1 Å². The number of rotatable bonds is 12. The van der Waals surface area contributed by atoms with Crippen molar-refractivity contribution in [2.75, 3.05) is 25.1 Å². The third kappa shape index (κ3) is 6.30. The Balaban J connectivity index is 1.18. The van der Waals surface area contributed by atoms with Crippen molar-refractivity contribution < 1.29 is 19.4 Å². The highest BCUT2D eigenvalue weighted by atomic mass is 35.5. The van der Waals surface area contributed by atoms with Crippen LogP contribution in [0.3, 0.4) is 0 Å². The summed E-state index contributed by atoms with van der Waals surface area (Å²) in [6, 6.07) is 5.02. The predicted molar refractivity (Wildman–Crippen MR) is 134 cm³/mol. The highest BCUT2D eigenvalue weighted by Crippen LogP contribution is 2.49. The average Bonchev–Trinajstić information content (AvgIpc) is 3.64. The molecule has 0 saturated heterocycles. The summed E-state index contributed by atoms with van der Waals surface area (Å²) in [7, 11) is 0. The van der Waals surface area contributed by atoms with Gasteiger partial charge < -0.3 is 20.5 Å². The van der Waals surface area contributed by atoms with Gasteiger partial charge in [-0.25, -0.2) is 9.78 Å². The number of carbonyl (C=O) groups excluding carboxylic acids is 1. The Labute approximate surface area is 210 Å². The molecule has 1 aliphatic carbocycles. The smallest absolute Gasteiger partial charge is 0.326 e. The number of aliphatic carboxylic acids is 1. The molecule has 3 N–H and O–H groups in total. The quantitative estimate of drug-likeness (QED) is 0.379. The van der Waals surface area contributed by atoms with Crippen LogP contribution in [-0.4, -0.2) is 52.8 Å². The Hall–Kier alpha value is -2.71. The fourth-order valence-electron chi connectivity index (χ4n) is 4.46. The SMILES string of the molecule is Cc1cnc(C2(C(=O)N[C@@H](CCOCCCCc3ccc4c(n3)NCCC4)C(=O)O)CC2)c(Cl)c1. The van der Waals surface area contributed by atoms with Gasteiger partial charge in [0.15, 0.2) is 0 Å². The number of halogens is 1. The average molecular weight is 501 g/mol. The molecule has 0 radical (unpaired) electrons. The van der Waals surface area contributed by atoms with Crippen LogP contribution in [0.1, 0.15) is 61.0 Å². The fourth-order valence-corrected chi connectivity index (χ4v) is 4.86. The Morgan fingerprint density at radius 1 is 1.29 bits per heavy atom. The normalized spacial score (nSPS) is 16.6. The zero-order valence-corrected chi connectivity index (χ0v) is 20.9. The van der Waals surface area contributed by atoms with Gasteiger partial charge in [-0.1, -0.05) is 17.7 Å². The Kier molecular flexibility index (Phi) is 8.23. The number of anilines is 1. The van der Waals surface area contributed by atoms with E-state index in [1.54, 1.807) is 12.3 Å². The molecule has 8 nitrogen and oxygen atoms in total. The van der Waals surface area contributed by atoms with Crippen molar-refractivity contribution in [2.24, 2.45) is 0 Å². The number of unbranched alkanes of at least 4 members (excludes halogenated alkanes) is 1. The first-order chi connectivity index (χ1) is 16.9. The first-order valence-corrected chi connectivity index (χ1v) is 12.7. The van der Waals surface area contributed by atoms with Crippen molar-refractivity contribution in [1.82, 2.24) is 15.3 Å². The molecule has 0 aromatic carbocycles. The molecule has 2 aliphatic rings. The van der Waals surface area contributed by atoms with Gasteiger partial charge in [0.2, 0.25) is 5.91 Å². The minimum absolute atomic E-state index is 0.199. The first-order valence-electron chi connectivity index (χ1n) is 12.4. The van der Waals surface area contributed by atoms with Crippen LogP contribution in [0.2, 0.25) is 5.02 Å². The lowest BCUT2D eigenvalue weighted by Crippen LogP contribution is -2.46. The monoisotopic (exact) mass is 500 g/mol. The lowest BCUT2D eigenvalue weighted by atomic mass is 9.99. The number of hydrogen-bond acceptors (Lipinski definition) is 6. The van der Waals surface area contributed by atoms with Gasteiger partial charge in [-0.2, -0.15) is 0 Å². The standard InChI is InChI=1S/C26H33ClN4O4/c1-17-15-20(27)22(29-16-17)26(10-11-26)25(34)31-21(24(32)33)9-14-35-13-3-2-6-19-8-7-18-5-4-12-28-23(18)30-19/h7-8,15-16,21H,2-6,9-14H2,1H3,(H,28,30)(H,31,34)(H,32,33)/t21-/m0/s1. The predicted octanol–water partition coefficient (Wildman–Crippen LogP) is 3.83. The highest BCUT2D eigenvalue weighted by molar-refractivity contribution is 6.31. The van der Waals surface area contributed by atoms with Crippen molar-refractivity contribution in [1.29, 1.82) is 0 Å². The van der Waals surface area contributed by atoms with E-state index in [4.69, 9.17) is 21.3 Å². The summed E-state index contributed by atoms with van der Waals surface area (Å²) in [6.07, 6.45) is 7.99. The minimum Gasteiger partial charge on any atom is -0.480 e. The van der Waals surface area contributed by atoms with Crippen molar-refractivity contribution in [2.45, 2.75) is 69.7 Å². The Morgan fingerprint density at radius 2 is 2.11 bits per heavy atom. The van der Waals surface area contributed by atoms with Crippen LogP contribution in [0, 0.1) is 6.92 Å². The van der Waals surface area contributed by atoms with Crippen molar-refractivity contribution in [3.8, 4) is 0 Å². The van der Waals surface area contributed by atoms with Crippen molar-refractivity contribution >= 4 is 29.3 Å². The summed E-state index contributed by atoms with van der Waals surface area (Å²) in [6.45, 7) is 3.66. The summed E-state index contributed by atoms with van der Waals surface area (Å²) < 4.78 is 5.66. The van der Waals surface area contributed by atoms with Crippen LogP contribution in [0.15, 0.2) is 24.4 Å². The molecule has 3 heterocycles. The molecule has 1 amide bonds. The summed E-state index contributed by atoms with van der Waals surface area (Å²) in [5.41, 5.74) is 2.95. The number of amides is 1. The molecule has 35 heavy (non-hydrogen) atoms. The maximum atomic E-state index is 13.0. The molecule has 9 heteroatoms. The number of ether oxygens (including phenoxy) is 1. The second kappa shape index (κ2) is 11.4. The second-order valence-corrected chi connectivity index (χ2v) is 9.90. The number of carboxylic acid groups (broad SMARTS) is 1. The van der Waals surface area contributed by atoms with E-state index in [9.17, 15) is 14.7 Å². The van der Waals surface area contributed by atoms with Crippen LogP contribution >= 0.6 is 11.6 Å². The highest BCUT2D eigenvalue weighted by Gasteiger charge is 2.54. The Bertz CT molecular complexity index is 1070. The van der Waals surface area contributed by atoms with Gasteiger partial charge in [-0.15, -0.1) is 0 Å². The number of carbonyl (C=O) groups is 2. The van der Waals surface area contributed by atoms with Crippen LogP contribution in [0.4, 0.5) is 5.82 Å². The molecule has 0 spiro atoms. The summed E-state index contributed by atoms with van der Waals surface area (Å²) in [4.78, 5) is 33.7. The third-order valence-corrected chi connectivity index (χ3v) is 6.98. The van der Waals surface area contributed by atoms with E-state index in [1.165, 1.54) is 5.56 Å². The van der Waals surface area contributed by atoms with E-state index in [0.717, 1.165) is 55.7 Å². The molecule has 188 valence electrons. The van der Waals surface area contributed by atoms with Gasteiger partial charge in [0.1, 0.15) is 11.9 Å². The zero-order valence-electron chi connectivity index (χ0n) is 20.1. The number of carboxylic acids is 1. The van der Waals surface area contributed by atoms with Crippen LogP contribution in [-0.2, 0) is 32.6 Å². The molecule has 2 aromatic rings. The van der Waals surface area contributed by atoms with Gasteiger partial charge in [0.05, 0.1) is 16.1 Å². The first kappa shape index (κ1) is 25.4. The fraction of sp³-hybridized carbons (Fsp3) is 0.538. The van der Waals surface area contributed by atoms with Crippen LogP contribution < -0.4 is 10.6 Å². The molecular formula is C26H33ClN4O4. The van der Waals surface area contributed by atoms with Crippen molar-refractivity contribution in [3.05, 3.63) is 51.9 Å². The molecule has 4 rings (SSSR count). The molecule has 1 fully saturated rings. The van der Waals surface area contributed by atoms with Gasteiger partial charge in [-0.3, -0.25) is 9.78 Å². The lowest BCUT2D eigenvalue weighted by Gasteiger charge is -2.20. The largest absolute Gasteiger partial charge is 0.480 e. The molecular weight excluding hydrogens is 468 g/mol. The van der Waals surface area contributed by atoms with E-state index in [1.807, 2.05) is 6.92 Å². The number of aromatic nitrogens is 2. The minimum atomic E-state index is -1.08. The van der Waals surface area contributed by atoms with Gasteiger partial charge >= 0.3 is 5.97 Å². The number of aryl methyl sites for hydroxylation is 3. The summed E-state index contributed by atoms with van der Waals surface area (Å²) >= 11 is 6.33.